The van der Waals surface area contributed by atoms with E-state index in [9.17, 15) is 10.1 Å². The van der Waals surface area contributed by atoms with Crippen molar-refractivity contribution >= 4 is 11.4 Å². The van der Waals surface area contributed by atoms with E-state index in [-0.39, 0.29) is 23.2 Å². The molecule has 0 radical (unpaired) electrons. The van der Waals surface area contributed by atoms with Gasteiger partial charge in [-0.15, -0.1) is 0 Å². The van der Waals surface area contributed by atoms with Crippen LogP contribution in [-0.4, -0.2) is 60.7 Å². The third-order valence-corrected chi connectivity index (χ3v) is 6.00. The van der Waals surface area contributed by atoms with E-state index in [2.05, 4.69) is 31.8 Å². The van der Waals surface area contributed by atoms with Crippen LogP contribution in [0.25, 0.3) is 28.2 Å². The molecule has 1 amide bonds. The van der Waals surface area contributed by atoms with Gasteiger partial charge in [-0.3, -0.25) is 14.6 Å². The van der Waals surface area contributed by atoms with Gasteiger partial charge in [0.2, 0.25) is 0 Å². The number of nitriles is 1. The number of nitrogens with one attached hydrogen (secondary N) is 2. The highest BCUT2D eigenvalue weighted by atomic mass is 16.5. The smallest absolute Gasteiger partial charge is 0.271 e. The number of amides is 1. The number of carbonyl (C=O) groups excluding carboxylic acids is 1. The molecule has 162 valence electrons. The third-order valence-electron chi connectivity index (χ3n) is 6.00. The van der Waals surface area contributed by atoms with Crippen molar-refractivity contribution in [2.45, 2.75) is 30.9 Å². The molecule has 1 aliphatic rings. The van der Waals surface area contributed by atoms with E-state index in [4.69, 9.17) is 9.72 Å². The maximum atomic E-state index is 11.9. The lowest BCUT2D eigenvalue weighted by Crippen LogP contribution is -2.50. The maximum Gasteiger partial charge on any atom is 0.271 e. The van der Waals surface area contributed by atoms with E-state index in [1.165, 1.54) is 0 Å². The number of hydrogen-bond donors (Lipinski definition) is 2. The first-order valence-corrected chi connectivity index (χ1v) is 10.1. The molecule has 0 aromatic carbocycles. The van der Waals surface area contributed by atoms with Crippen molar-refractivity contribution in [1.82, 2.24) is 39.9 Å². The van der Waals surface area contributed by atoms with Gasteiger partial charge >= 0.3 is 0 Å². The van der Waals surface area contributed by atoms with Gasteiger partial charge in [-0.1, -0.05) is 0 Å². The molecular formula is C21H21N9O2. The molecule has 1 fully saturated rings. The minimum Gasteiger partial charge on any atom is -0.381 e. The van der Waals surface area contributed by atoms with Gasteiger partial charge in [-0.25, -0.2) is 9.50 Å². The molecule has 4 heterocycles. The van der Waals surface area contributed by atoms with Crippen LogP contribution < -0.4 is 5.32 Å². The number of fused-ring (bicyclic) bond motifs is 1. The van der Waals surface area contributed by atoms with Crippen LogP contribution in [0.5, 0.6) is 0 Å². The van der Waals surface area contributed by atoms with E-state index >= 15 is 0 Å². The standard InChI is InChI=1S/C21H21N9O2/c1-23-20(31)16-7-15(27-28-16)17-12-29-18(3-6-24-29)19(26-17)13-10-25-30(11-13)21(4-5-22)8-14(9-21)32-2/h3,6-7,10-12,14H,4,8-9H2,1-2H3,(H,23,31)(H,27,28). The Bertz CT molecular complexity index is 1340. The summed E-state index contributed by atoms with van der Waals surface area (Å²) in [5, 5.41) is 27.8. The van der Waals surface area contributed by atoms with E-state index in [1.807, 2.05) is 16.9 Å². The Labute approximate surface area is 183 Å². The van der Waals surface area contributed by atoms with Gasteiger partial charge in [0.25, 0.3) is 5.91 Å². The number of ether oxygens (including phenoxy) is 1. The number of nitrogens with zero attached hydrogens (tertiary/aromatic N) is 7. The zero-order valence-corrected chi connectivity index (χ0v) is 17.6. The number of rotatable bonds is 6. The fraction of sp³-hybridized carbons (Fsp3) is 0.333. The Morgan fingerprint density at radius 1 is 1.41 bits per heavy atom. The molecule has 4 aromatic heterocycles. The van der Waals surface area contributed by atoms with Crippen molar-refractivity contribution in [2.24, 2.45) is 0 Å². The molecule has 2 N–H and O–H groups in total. The topological polar surface area (TPSA) is 139 Å². The fourth-order valence-corrected chi connectivity index (χ4v) is 4.19. The molecule has 32 heavy (non-hydrogen) atoms. The summed E-state index contributed by atoms with van der Waals surface area (Å²) in [6.07, 6.45) is 9.12. The van der Waals surface area contributed by atoms with Gasteiger partial charge in [0.05, 0.1) is 59.6 Å². The van der Waals surface area contributed by atoms with Crippen molar-refractivity contribution in [3.8, 4) is 28.7 Å². The van der Waals surface area contributed by atoms with Gasteiger partial charge in [0.15, 0.2) is 5.69 Å². The van der Waals surface area contributed by atoms with E-state index in [0.29, 0.717) is 23.5 Å². The van der Waals surface area contributed by atoms with Crippen LogP contribution in [0.15, 0.2) is 36.9 Å². The van der Waals surface area contributed by atoms with Crippen LogP contribution in [0, 0.1) is 11.3 Å². The monoisotopic (exact) mass is 431 g/mol. The van der Waals surface area contributed by atoms with Gasteiger partial charge in [0.1, 0.15) is 5.69 Å². The lowest BCUT2D eigenvalue weighted by atomic mass is 9.72. The molecule has 11 heteroatoms. The number of H-pyrrole nitrogens is 1. The first kappa shape index (κ1) is 19.9. The van der Waals surface area contributed by atoms with Crippen molar-refractivity contribution in [1.29, 1.82) is 5.26 Å². The fourth-order valence-electron chi connectivity index (χ4n) is 4.19. The lowest BCUT2D eigenvalue weighted by Gasteiger charge is -2.45. The highest BCUT2D eigenvalue weighted by Crippen LogP contribution is 2.43. The number of aromatic nitrogens is 7. The van der Waals surface area contributed by atoms with Crippen molar-refractivity contribution < 1.29 is 9.53 Å². The minimum atomic E-state index is -0.367. The van der Waals surface area contributed by atoms with E-state index in [0.717, 1.165) is 23.9 Å². The predicted molar refractivity (Wildman–Crippen MR) is 113 cm³/mol. The van der Waals surface area contributed by atoms with Crippen LogP contribution >= 0.6 is 0 Å². The molecule has 0 atom stereocenters. The average molecular weight is 431 g/mol. The van der Waals surface area contributed by atoms with Crippen LogP contribution in [0.2, 0.25) is 0 Å². The van der Waals surface area contributed by atoms with Gasteiger partial charge < -0.3 is 10.1 Å². The second-order valence-corrected chi connectivity index (χ2v) is 7.88. The quantitative estimate of drug-likeness (QED) is 0.474. The molecule has 0 saturated heterocycles. The summed E-state index contributed by atoms with van der Waals surface area (Å²) in [6, 6.07) is 5.81. The SMILES string of the molecule is CNC(=O)c1cc(-c2cn3nccc3c(-c3cnn(C4(CC#N)CC(OC)C4)c3)n2)[nH]n1. The first-order chi connectivity index (χ1) is 15.6. The Morgan fingerprint density at radius 2 is 2.25 bits per heavy atom. The van der Waals surface area contributed by atoms with E-state index < -0.39 is 0 Å². The van der Waals surface area contributed by atoms with Crippen molar-refractivity contribution in [3.63, 3.8) is 0 Å². The summed E-state index contributed by atoms with van der Waals surface area (Å²) < 4.78 is 9.02. The summed E-state index contributed by atoms with van der Waals surface area (Å²) in [6.45, 7) is 0. The Hall–Kier alpha value is -4.04. The lowest BCUT2D eigenvalue weighted by molar-refractivity contribution is -0.0542. The van der Waals surface area contributed by atoms with Gasteiger partial charge in [0, 0.05) is 25.9 Å². The summed E-state index contributed by atoms with van der Waals surface area (Å²) in [5.41, 5.74) is 3.40. The van der Waals surface area contributed by atoms with Crippen molar-refractivity contribution in [2.75, 3.05) is 14.2 Å². The molecule has 0 bridgehead atoms. The molecular weight excluding hydrogens is 410 g/mol. The molecule has 1 aliphatic carbocycles. The minimum absolute atomic E-state index is 0.133. The molecule has 0 unspecified atom stereocenters. The number of hydrogen-bond acceptors (Lipinski definition) is 7. The van der Waals surface area contributed by atoms with Gasteiger partial charge in [-0.2, -0.15) is 20.6 Å². The van der Waals surface area contributed by atoms with Crippen LogP contribution in [0.1, 0.15) is 29.8 Å². The average Bonchev–Trinajstić information content (AvgIpc) is 3.54. The molecule has 1 saturated carbocycles. The summed E-state index contributed by atoms with van der Waals surface area (Å²) in [5.74, 6) is -0.285. The first-order valence-electron chi connectivity index (χ1n) is 10.1. The predicted octanol–water partition coefficient (Wildman–Crippen LogP) is 1.76. The van der Waals surface area contributed by atoms with Crippen LogP contribution in [-0.2, 0) is 10.3 Å². The van der Waals surface area contributed by atoms with E-state index in [1.54, 1.807) is 43.3 Å². The molecule has 0 aliphatic heterocycles. The zero-order chi connectivity index (χ0) is 22.3. The van der Waals surface area contributed by atoms with Crippen molar-refractivity contribution in [3.05, 3.63) is 42.6 Å². The zero-order valence-electron chi connectivity index (χ0n) is 17.6. The largest absolute Gasteiger partial charge is 0.381 e. The Kier molecular flexibility index (Phi) is 4.71. The number of carbonyl (C=O) groups is 1. The Balaban J connectivity index is 1.55. The Morgan fingerprint density at radius 3 is 3.00 bits per heavy atom. The highest BCUT2D eigenvalue weighted by molar-refractivity contribution is 5.93. The second kappa shape index (κ2) is 7.58. The molecule has 0 spiro atoms. The molecule has 5 rings (SSSR count). The third kappa shape index (κ3) is 3.12. The summed E-state index contributed by atoms with van der Waals surface area (Å²) in [7, 11) is 3.24. The van der Waals surface area contributed by atoms with Crippen LogP contribution in [0.3, 0.4) is 0 Å². The number of aromatic amines is 1. The summed E-state index contributed by atoms with van der Waals surface area (Å²) in [4.78, 5) is 16.7. The van der Waals surface area contributed by atoms with Gasteiger partial charge in [-0.05, 0) is 25.0 Å². The normalized spacial score (nSPS) is 20.1. The highest BCUT2D eigenvalue weighted by Gasteiger charge is 2.47. The second-order valence-electron chi connectivity index (χ2n) is 7.88. The summed E-state index contributed by atoms with van der Waals surface area (Å²) >= 11 is 0. The molecule has 4 aromatic rings. The molecule has 11 nitrogen and oxygen atoms in total. The maximum absolute atomic E-state index is 11.9. The number of methoxy groups -OCH3 is 1. The van der Waals surface area contributed by atoms with Crippen LogP contribution in [0.4, 0.5) is 0 Å².